The molecule has 140 valence electrons. The average molecular weight is 371 g/mol. The monoisotopic (exact) mass is 371 g/mol. The number of carbonyl (C=O) groups is 1. The number of benzene rings is 1. The summed E-state index contributed by atoms with van der Waals surface area (Å²) in [5.41, 5.74) is 1.09. The number of likely N-dealkylation sites (tertiary alicyclic amines) is 1. The Morgan fingerprint density at radius 1 is 1.37 bits per heavy atom. The zero-order chi connectivity index (χ0) is 19.1. The molecule has 3 aromatic rings. The number of rotatable bonds is 3. The number of ether oxygens (including phenoxy) is 1. The molecule has 0 N–H and O–H groups in total. The van der Waals surface area contributed by atoms with E-state index < -0.39 is 11.7 Å². The predicted octanol–water partition coefficient (Wildman–Crippen LogP) is 1.48. The lowest BCUT2D eigenvalue weighted by molar-refractivity contribution is 0.152. The van der Waals surface area contributed by atoms with Crippen molar-refractivity contribution in [2.24, 2.45) is 7.05 Å². The van der Waals surface area contributed by atoms with Crippen molar-refractivity contribution in [2.45, 2.75) is 12.5 Å². The summed E-state index contributed by atoms with van der Waals surface area (Å²) in [4.78, 5) is 35.4. The lowest BCUT2D eigenvalue weighted by Crippen LogP contribution is -2.52. The SMILES string of the molecule is COCc1ncc2c(n1)n(C)c(=O)n2C(=O)N1CC(c2cccc(F)c2)C1. The number of halogens is 1. The van der Waals surface area contributed by atoms with E-state index in [1.54, 1.807) is 18.0 Å². The molecule has 0 radical (unpaired) electrons. The van der Waals surface area contributed by atoms with Gasteiger partial charge < -0.3 is 9.64 Å². The van der Waals surface area contributed by atoms with E-state index in [9.17, 15) is 14.0 Å². The molecule has 0 aliphatic carbocycles. The minimum absolute atomic E-state index is 0.0554. The smallest absolute Gasteiger partial charge is 0.338 e. The number of carbonyl (C=O) groups excluding carboxylic acids is 1. The molecule has 1 aliphatic heterocycles. The van der Waals surface area contributed by atoms with E-state index in [2.05, 4.69) is 9.97 Å². The van der Waals surface area contributed by atoms with Crippen LogP contribution in [0, 0.1) is 5.82 Å². The Morgan fingerprint density at radius 3 is 2.85 bits per heavy atom. The van der Waals surface area contributed by atoms with Crippen LogP contribution < -0.4 is 5.69 Å². The summed E-state index contributed by atoms with van der Waals surface area (Å²) < 4.78 is 20.8. The Kier molecular flexibility index (Phi) is 4.23. The van der Waals surface area contributed by atoms with Gasteiger partial charge in [0.15, 0.2) is 11.5 Å². The lowest BCUT2D eigenvalue weighted by Gasteiger charge is -2.39. The molecule has 1 fully saturated rings. The van der Waals surface area contributed by atoms with Gasteiger partial charge in [-0.15, -0.1) is 0 Å². The summed E-state index contributed by atoms with van der Waals surface area (Å²) in [5.74, 6) is 0.187. The van der Waals surface area contributed by atoms with E-state index in [1.165, 1.54) is 30.0 Å². The second kappa shape index (κ2) is 6.58. The minimum Gasteiger partial charge on any atom is -0.377 e. The molecule has 1 aromatic carbocycles. The van der Waals surface area contributed by atoms with E-state index in [0.717, 1.165) is 10.1 Å². The third-order valence-electron chi connectivity index (χ3n) is 4.77. The normalized spacial score (nSPS) is 14.6. The van der Waals surface area contributed by atoms with Gasteiger partial charge in [-0.05, 0) is 17.7 Å². The number of aromatic nitrogens is 4. The number of nitrogens with zero attached hydrogens (tertiary/aromatic N) is 5. The van der Waals surface area contributed by atoms with E-state index >= 15 is 0 Å². The van der Waals surface area contributed by atoms with Crippen molar-refractivity contribution in [3.8, 4) is 0 Å². The van der Waals surface area contributed by atoms with Crippen molar-refractivity contribution in [3.05, 3.63) is 58.2 Å². The first-order chi connectivity index (χ1) is 13.0. The Bertz CT molecular complexity index is 1080. The van der Waals surface area contributed by atoms with Gasteiger partial charge in [0, 0.05) is 33.2 Å². The minimum atomic E-state index is -0.479. The largest absolute Gasteiger partial charge is 0.377 e. The molecule has 1 aliphatic rings. The molecule has 1 saturated heterocycles. The van der Waals surface area contributed by atoms with Crippen LogP contribution in [0.3, 0.4) is 0 Å². The third-order valence-corrected chi connectivity index (χ3v) is 4.77. The zero-order valence-corrected chi connectivity index (χ0v) is 14.9. The number of imidazole rings is 1. The molecule has 0 saturated carbocycles. The second-order valence-corrected chi connectivity index (χ2v) is 6.54. The first-order valence-electron chi connectivity index (χ1n) is 8.46. The molecule has 9 heteroatoms. The molecule has 0 unspecified atom stereocenters. The summed E-state index contributed by atoms with van der Waals surface area (Å²) in [5, 5.41) is 0. The van der Waals surface area contributed by atoms with E-state index in [1.807, 2.05) is 6.07 Å². The van der Waals surface area contributed by atoms with Gasteiger partial charge >= 0.3 is 11.7 Å². The lowest BCUT2D eigenvalue weighted by atomic mass is 9.92. The first-order valence-corrected chi connectivity index (χ1v) is 8.46. The van der Waals surface area contributed by atoms with Gasteiger partial charge in [0.25, 0.3) is 0 Å². The van der Waals surface area contributed by atoms with Crippen LogP contribution in [0.5, 0.6) is 0 Å². The maximum absolute atomic E-state index is 13.4. The number of fused-ring (bicyclic) bond motifs is 1. The molecule has 1 amide bonds. The topological polar surface area (TPSA) is 82.2 Å². The fourth-order valence-corrected chi connectivity index (χ4v) is 3.28. The number of methoxy groups -OCH3 is 1. The van der Waals surface area contributed by atoms with Gasteiger partial charge in [-0.2, -0.15) is 0 Å². The fourth-order valence-electron chi connectivity index (χ4n) is 3.28. The van der Waals surface area contributed by atoms with Gasteiger partial charge in [0.2, 0.25) is 0 Å². The fraction of sp³-hybridized carbons (Fsp3) is 0.333. The maximum Gasteiger partial charge on any atom is 0.338 e. The first kappa shape index (κ1) is 17.3. The van der Waals surface area contributed by atoms with Crippen LogP contribution >= 0.6 is 0 Å². The van der Waals surface area contributed by atoms with Crippen LogP contribution in [0.25, 0.3) is 11.2 Å². The Labute approximate surface area is 153 Å². The highest BCUT2D eigenvalue weighted by Gasteiger charge is 2.34. The average Bonchev–Trinajstić information content (AvgIpc) is 2.85. The zero-order valence-electron chi connectivity index (χ0n) is 14.9. The molecule has 0 bridgehead atoms. The molecule has 0 spiro atoms. The van der Waals surface area contributed by atoms with E-state index in [-0.39, 0.29) is 18.3 Å². The van der Waals surface area contributed by atoms with Gasteiger partial charge in [-0.3, -0.25) is 4.57 Å². The van der Waals surface area contributed by atoms with Crippen molar-refractivity contribution < 1.29 is 13.9 Å². The van der Waals surface area contributed by atoms with Crippen molar-refractivity contribution in [3.63, 3.8) is 0 Å². The van der Waals surface area contributed by atoms with Gasteiger partial charge in [0.1, 0.15) is 17.9 Å². The number of hydrogen-bond acceptors (Lipinski definition) is 5. The predicted molar refractivity (Wildman–Crippen MR) is 95.0 cm³/mol. The maximum atomic E-state index is 13.4. The molecule has 3 heterocycles. The molecule has 4 rings (SSSR count). The second-order valence-electron chi connectivity index (χ2n) is 6.54. The Hall–Kier alpha value is -3.07. The van der Waals surface area contributed by atoms with Gasteiger partial charge in [-0.25, -0.2) is 28.5 Å². The summed E-state index contributed by atoms with van der Waals surface area (Å²) in [6.07, 6.45) is 1.46. The van der Waals surface area contributed by atoms with Crippen LogP contribution in [-0.4, -0.2) is 50.2 Å². The molecule has 0 atom stereocenters. The van der Waals surface area contributed by atoms with Crippen molar-refractivity contribution in [1.82, 2.24) is 24.0 Å². The highest BCUT2D eigenvalue weighted by molar-refractivity contribution is 5.88. The van der Waals surface area contributed by atoms with Crippen molar-refractivity contribution in [2.75, 3.05) is 20.2 Å². The van der Waals surface area contributed by atoms with E-state index in [0.29, 0.717) is 30.1 Å². The van der Waals surface area contributed by atoms with Crippen LogP contribution in [0.1, 0.15) is 17.3 Å². The number of hydrogen-bond donors (Lipinski definition) is 0. The molecular formula is C18H18FN5O3. The quantitative estimate of drug-likeness (QED) is 0.697. The highest BCUT2D eigenvalue weighted by atomic mass is 19.1. The van der Waals surface area contributed by atoms with Crippen molar-refractivity contribution in [1.29, 1.82) is 0 Å². The summed E-state index contributed by atoms with van der Waals surface area (Å²) in [7, 11) is 3.09. The van der Waals surface area contributed by atoms with Gasteiger partial charge in [-0.1, -0.05) is 12.1 Å². The standard InChI is InChI=1S/C18H18FN5O3/c1-22-16-14(7-20-15(21-16)10-27-2)24(17(22)25)18(26)23-8-12(9-23)11-4-3-5-13(19)6-11/h3-7,12H,8-10H2,1-2H3. The molecular weight excluding hydrogens is 353 g/mol. The Balaban J connectivity index is 1.60. The molecule has 27 heavy (non-hydrogen) atoms. The summed E-state index contributed by atoms with van der Waals surface area (Å²) >= 11 is 0. The van der Waals surface area contributed by atoms with E-state index in [4.69, 9.17) is 4.74 Å². The van der Waals surface area contributed by atoms with Crippen LogP contribution in [0.4, 0.5) is 9.18 Å². The van der Waals surface area contributed by atoms with Crippen LogP contribution in [-0.2, 0) is 18.4 Å². The number of aryl methyl sites for hydroxylation is 1. The summed E-state index contributed by atoms with van der Waals surface area (Å²) in [6.45, 7) is 1.06. The highest BCUT2D eigenvalue weighted by Crippen LogP contribution is 2.28. The van der Waals surface area contributed by atoms with Crippen LogP contribution in [0.2, 0.25) is 0 Å². The molecule has 2 aromatic heterocycles. The Morgan fingerprint density at radius 2 is 2.15 bits per heavy atom. The third kappa shape index (κ3) is 2.89. The van der Waals surface area contributed by atoms with Crippen LogP contribution in [0.15, 0.2) is 35.3 Å². The number of amides is 1. The molecule has 8 nitrogen and oxygen atoms in total. The van der Waals surface area contributed by atoms with Gasteiger partial charge in [0.05, 0.1) is 6.20 Å². The van der Waals surface area contributed by atoms with Crippen molar-refractivity contribution >= 4 is 17.2 Å². The summed E-state index contributed by atoms with van der Waals surface area (Å²) in [6, 6.07) is 5.92.